The predicted octanol–water partition coefficient (Wildman–Crippen LogP) is 2.31. The average molecular weight is 1170 g/mol. The van der Waals surface area contributed by atoms with E-state index in [4.69, 9.17) is 38.0 Å². The minimum absolute atomic E-state index is 0.0102. The molecule has 2 aromatic rings. The Morgan fingerprint density at radius 3 is 1.75 bits per heavy atom. The van der Waals surface area contributed by atoms with Gasteiger partial charge in [-0.3, -0.25) is 14.4 Å². The number of rotatable bonds is 34. The number of Topliss-reactive ketones (excluding diaryl/α,β-unsaturated/α-hetero) is 1. The molecular weight excluding hydrogens is 1100 g/mol. The van der Waals surface area contributed by atoms with Crippen molar-refractivity contribution < 1.29 is 106 Å². The standard InChI is InChI=1S/C51H67N3O22S3/c1-50(14-6-30-77(60,61)62)39-31-35(78(63,64)65)9-11-42(39)53(17-19-71-22-23-73-26-27-75-29-28-74-25-24-72-21-20-70-4)43(50)33-37-48(58)38(49(37)59)34-44-51(2,15-18-69-3)40-32-36(79(66,67)68)8-10-41(40)52(44)16-5-7-47(57)76-54-45(55)12-13-46(54)56/h8-11,31-34H,5-7,12-30H2,1-4H3,(H3-,58,59,60,61,62,63,64,65,66,67,68)/p-2. The van der Waals surface area contributed by atoms with Gasteiger partial charge in [0.15, 0.2) is 12.3 Å². The fraction of sp³-hybridized carbons (Fsp3) is 0.549. The smallest absolute Gasteiger partial charge is 0.333 e. The third-order valence-corrected chi connectivity index (χ3v) is 16.2. The first-order valence-corrected chi connectivity index (χ1v) is 29.7. The fourth-order valence-electron chi connectivity index (χ4n) is 9.67. The molecule has 3 aliphatic heterocycles. The van der Waals surface area contributed by atoms with Gasteiger partial charge < -0.3 is 61.7 Å². The van der Waals surface area contributed by atoms with E-state index < -0.39 is 86.1 Å². The number of allylic oxidation sites excluding steroid dienone is 5. The molecule has 2 unspecified atom stereocenters. The Bertz CT molecular complexity index is 3070. The number of hydrogen-bond donors (Lipinski definition) is 1. The number of aliphatic hydroxyl groups excluding tert-OH is 1. The van der Waals surface area contributed by atoms with Gasteiger partial charge in [-0.15, -0.1) is 5.06 Å². The van der Waals surface area contributed by atoms with Crippen molar-refractivity contribution in [2.75, 3.05) is 117 Å². The highest BCUT2D eigenvalue weighted by Crippen LogP contribution is 2.52. The molecule has 436 valence electrons. The molecule has 0 bridgehead atoms. The van der Waals surface area contributed by atoms with Crippen molar-refractivity contribution in [2.24, 2.45) is 0 Å². The number of anilines is 1. The van der Waals surface area contributed by atoms with Crippen molar-refractivity contribution in [3.8, 4) is 0 Å². The van der Waals surface area contributed by atoms with Crippen molar-refractivity contribution >= 4 is 71.0 Å². The van der Waals surface area contributed by atoms with Crippen LogP contribution in [0.1, 0.15) is 69.9 Å². The van der Waals surface area contributed by atoms with Gasteiger partial charge in [-0.25, -0.2) is 30.0 Å². The van der Waals surface area contributed by atoms with E-state index in [1.807, 2.05) is 0 Å². The molecule has 2 atom stereocenters. The summed E-state index contributed by atoms with van der Waals surface area (Å²) in [6.45, 7) is 6.81. The lowest BCUT2D eigenvalue weighted by Gasteiger charge is -2.32. The molecule has 79 heavy (non-hydrogen) atoms. The van der Waals surface area contributed by atoms with E-state index >= 15 is 0 Å². The zero-order valence-electron chi connectivity index (χ0n) is 44.3. The zero-order valence-corrected chi connectivity index (χ0v) is 46.7. The molecule has 28 heteroatoms. The molecular formula is C51H65N3O22S3-2. The summed E-state index contributed by atoms with van der Waals surface area (Å²) in [4.78, 5) is 57.2. The van der Waals surface area contributed by atoms with Crippen molar-refractivity contribution in [3.05, 3.63) is 82.3 Å². The highest BCUT2D eigenvalue weighted by atomic mass is 32.2. The third-order valence-electron chi connectivity index (χ3n) is 13.8. The number of fused-ring (bicyclic) bond motifs is 2. The number of methoxy groups -OCH3 is 2. The highest BCUT2D eigenvalue weighted by molar-refractivity contribution is 7.86. The molecule has 0 saturated carbocycles. The number of hydrogen-bond acceptors (Lipinski definition) is 23. The summed E-state index contributed by atoms with van der Waals surface area (Å²) >= 11 is 0. The second kappa shape index (κ2) is 27.4. The lowest BCUT2D eigenvalue weighted by atomic mass is 9.73. The molecule has 4 aliphatic rings. The third kappa shape index (κ3) is 15.8. The molecule has 25 nitrogen and oxygen atoms in total. The lowest BCUT2D eigenvalue weighted by molar-refractivity contribution is -0.442. The minimum atomic E-state index is -5.04. The Kier molecular flexibility index (Phi) is 21.8. The number of carbonyl (C=O) groups is 4. The topological polar surface area (TPSA) is 343 Å². The Labute approximate surface area is 458 Å². The molecule has 0 radical (unpaired) electrons. The van der Waals surface area contributed by atoms with Crippen LogP contribution >= 0.6 is 0 Å². The van der Waals surface area contributed by atoms with Gasteiger partial charge in [0.1, 0.15) is 32.6 Å². The predicted molar refractivity (Wildman–Crippen MR) is 274 cm³/mol. The van der Waals surface area contributed by atoms with Gasteiger partial charge in [-0.1, -0.05) is 0 Å². The molecule has 1 fully saturated rings. The fourth-order valence-corrected chi connectivity index (χ4v) is 11.2. The molecule has 2 aromatic carbocycles. The maximum atomic E-state index is 14.6. The van der Waals surface area contributed by atoms with Crippen LogP contribution in [0.2, 0.25) is 0 Å². The first-order chi connectivity index (χ1) is 37.4. The molecule has 6 rings (SSSR count). The molecule has 1 saturated heterocycles. The summed E-state index contributed by atoms with van der Waals surface area (Å²) in [7, 11) is -11.7. The van der Waals surface area contributed by atoms with Gasteiger partial charge in [-0.05, 0) is 81.5 Å². The van der Waals surface area contributed by atoms with Gasteiger partial charge in [0.2, 0.25) is 11.5 Å². The van der Waals surface area contributed by atoms with Crippen LogP contribution in [0.25, 0.3) is 0 Å². The zero-order chi connectivity index (χ0) is 57.8. The largest absolute Gasteiger partial charge is 0.748 e. The summed E-state index contributed by atoms with van der Waals surface area (Å²) in [5.74, 6) is -4.27. The van der Waals surface area contributed by atoms with Crippen LogP contribution in [-0.2, 0) is 98.4 Å². The molecule has 2 amide bonds. The Balaban J connectivity index is 1.30. The minimum Gasteiger partial charge on any atom is -0.748 e. The van der Waals surface area contributed by atoms with Crippen molar-refractivity contribution in [1.82, 2.24) is 5.06 Å². The molecule has 1 N–H and O–H groups in total. The first kappa shape index (κ1) is 62.9. The number of nitrogens with zero attached hydrogens (tertiary/aromatic N) is 3. The normalized spacial score (nSPS) is 20.6. The summed E-state index contributed by atoms with van der Waals surface area (Å²) in [6.07, 6.45) is 2.02. The Hall–Kier alpha value is -5.34. The van der Waals surface area contributed by atoms with Crippen LogP contribution in [0.15, 0.2) is 80.9 Å². The number of hydroxylamine groups is 2. The number of imide groups is 1. The van der Waals surface area contributed by atoms with E-state index in [2.05, 4.69) is 0 Å². The number of carbonyl (C=O) groups excluding carboxylic acids is 4. The number of aliphatic hydroxyl groups is 1. The Morgan fingerprint density at radius 1 is 0.684 bits per heavy atom. The van der Waals surface area contributed by atoms with E-state index in [9.17, 15) is 63.2 Å². The molecule has 0 spiro atoms. The molecule has 3 heterocycles. The van der Waals surface area contributed by atoms with E-state index in [0.717, 1.165) is 18.2 Å². The maximum absolute atomic E-state index is 14.6. The van der Waals surface area contributed by atoms with Gasteiger partial charge in [-0.2, -0.15) is 4.58 Å². The summed E-state index contributed by atoms with van der Waals surface area (Å²) in [5, 5.41) is 12.4. The van der Waals surface area contributed by atoms with Crippen LogP contribution in [0, 0.1) is 0 Å². The number of ketones is 1. The van der Waals surface area contributed by atoms with Gasteiger partial charge >= 0.3 is 5.97 Å². The SMILES string of the molecule is COCCOCCOCCOCCOCCOCC[N+]1=C(/C=C2\C(=O)C(/C=C3/N(CCCC(=O)ON4C(=O)CCC4=O)c4ccc(S(=O)(=O)[O-])cc4C3(C)CCOC)=C2O)C(C)(CCCS(=O)(=O)[O-])c2cc(S(=O)(=O)[O-])ccc21. The summed E-state index contributed by atoms with van der Waals surface area (Å²) in [5.41, 5.74) is -1.16. The van der Waals surface area contributed by atoms with E-state index in [-0.39, 0.29) is 113 Å². The maximum Gasteiger partial charge on any atom is 0.333 e. The summed E-state index contributed by atoms with van der Waals surface area (Å²) < 4.78 is 150. The van der Waals surface area contributed by atoms with Crippen molar-refractivity contribution in [1.29, 1.82) is 0 Å². The number of benzene rings is 2. The van der Waals surface area contributed by atoms with E-state index in [0.29, 0.717) is 73.9 Å². The van der Waals surface area contributed by atoms with Crippen molar-refractivity contribution in [2.45, 2.75) is 79.4 Å². The van der Waals surface area contributed by atoms with Crippen LogP contribution in [-0.4, -0.2) is 195 Å². The van der Waals surface area contributed by atoms with Crippen LogP contribution in [0.5, 0.6) is 0 Å². The Morgan fingerprint density at radius 2 is 1.22 bits per heavy atom. The van der Waals surface area contributed by atoms with Crippen LogP contribution in [0.4, 0.5) is 11.4 Å². The van der Waals surface area contributed by atoms with Gasteiger partial charge in [0.25, 0.3) is 11.8 Å². The first-order valence-electron chi connectivity index (χ1n) is 25.3. The number of ether oxygens (including phenoxy) is 7. The van der Waals surface area contributed by atoms with Crippen molar-refractivity contribution in [3.63, 3.8) is 0 Å². The second-order valence-electron chi connectivity index (χ2n) is 19.1. The highest BCUT2D eigenvalue weighted by Gasteiger charge is 2.50. The number of amides is 2. The van der Waals surface area contributed by atoms with Crippen LogP contribution < -0.4 is 4.90 Å². The quantitative estimate of drug-likeness (QED) is 0.0345. The second-order valence-corrected chi connectivity index (χ2v) is 23.4. The van der Waals surface area contributed by atoms with Gasteiger partial charge in [0.05, 0.1) is 103 Å². The molecule has 1 aliphatic carbocycles. The lowest BCUT2D eigenvalue weighted by Crippen LogP contribution is -2.35. The van der Waals surface area contributed by atoms with Crippen LogP contribution in [0.3, 0.4) is 0 Å². The van der Waals surface area contributed by atoms with E-state index in [1.54, 1.807) is 30.4 Å². The summed E-state index contributed by atoms with van der Waals surface area (Å²) in [6, 6.07) is 7.36. The van der Waals surface area contributed by atoms with E-state index in [1.165, 1.54) is 37.5 Å². The molecule has 0 aromatic heterocycles. The average Bonchev–Trinajstić information content (AvgIpc) is 4.18. The van der Waals surface area contributed by atoms with Gasteiger partial charge in [0, 0.05) is 86.9 Å². The monoisotopic (exact) mass is 1170 g/mol.